The van der Waals surface area contributed by atoms with Gasteiger partial charge in [-0.15, -0.1) is 23.2 Å². The molecule has 4 rings (SSSR count). The van der Waals surface area contributed by atoms with Crippen molar-refractivity contribution in [2.24, 2.45) is 5.92 Å². The molecule has 0 aromatic heterocycles. The summed E-state index contributed by atoms with van der Waals surface area (Å²) in [5.74, 6) is -2.14. The van der Waals surface area contributed by atoms with E-state index in [1.54, 1.807) is 43.3 Å². The van der Waals surface area contributed by atoms with E-state index in [1.807, 2.05) is 0 Å². The van der Waals surface area contributed by atoms with Crippen molar-refractivity contribution in [2.45, 2.75) is 17.2 Å². The highest BCUT2D eigenvalue weighted by atomic mass is 79.9. The zero-order valence-corrected chi connectivity index (χ0v) is 23.5. The average molecular weight is 646 g/mol. The first-order chi connectivity index (χ1) is 17.4. The Morgan fingerprint density at radius 3 is 2.24 bits per heavy atom. The van der Waals surface area contributed by atoms with Gasteiger partial charge in [0.15, 0.2) is 0 Å². The Balaban J connectivity index is 1.49. The number of alkyl halides is 2. The molecule has 37 heavy (non-hydrogen) atoms. The highest BCUT2D eigenvalue weighted by Gasteiger charge is 2.67. The predicted octanol–water partition coefficient (Wildman–Crippen LogP) is 7.93. The molecule has 7 nitrogen and oxygen atoms in total. The second-order valence-electron chi connectivity index (χ2n) is 8.43. The van der Waals surface area contributed by atoms with Crippen molar-refractivity contribution < 1.29 is 19.5 Å². The highest BCUT2D eigenvalue weighted by molar-refractivity contribution is 9.10. The van der Waals surface area contributed by atoms with Crippen LogP contribution in [0.15, 0.2) is 59.1 Å². The number of halogens is 5. The lowest BCUT2D eigenvalue weighted by atomic mass is 10.1. The molecule has 0 spiro atoms. The number of hydrogen-bond donors (Lipinski definition) is 4. The normalized spacial score (nSPS) is 17.6. The first-order valence-corrected chi connectivity index (χ1v) is 13.0. The van der Waals surface area contributed by atoms with E-state index in [0.717, 1.165) is 10.0 Å². The standard InChI is InChI=1S/C25H18BrCl4N3O4/c1-11-6-15(32-24(36)37)3-5-19(11)33-22(34)17-10-16(2-4-18(17)28)31-23(35)21-20(25(21,29)30)12-7-13(26)9-14(27)8-12/h2-10,20-21,32H,1H3,(H,31,35)(H,33,34)(H,36,37)/t20-,21+/m1/s1. The first kappa shape index (κ1) is 27.5. The molecule has 3 aromatic rings. The van der Waals surface area contributed by atoms with Crippen molar-refractivity contribution in [3.05, 3.63) is 85.8 Å². The number of rotatable bonds is 6. The Morgan fingerprint density at radius 2 is 1.59 bits per heavy atom. The number of nitrogens with one attached hydrogen (secondary N) is 3. The van der Waals surface area contributed by atoms with Gasteiger partial charge in [-0.2, -0.15) is 0 Å². The van der Waals surface area contributed by atoms with Gasteiger partial charge < -0.3 is 15.7 Å². The lowest BCUT2D eigenvalue weighted by Crippen LogP contribution is -2.18. The van der Waals surface area contributed by atoms with E-state index in [0.29, 0.717) is 27.6 Å². The molecule has 1 saturated carbocycles. The minimum atomic E-state index is -1.32. The fraction of sp³-hybridized carbons (Fsp3) is 0.160. The Kier molecular flexibility index (Phi) is 7.97. The number of carboxylic acid groups (broad SMARTS) is 1. The number of aryl methyl sites for hydroxylation is 1. The van der Waals surface area contributed by atoms with Gasteiger partial charge in [0, 0.05) is 32.5 Å². The van der Waals surface area contributed by atoms with Crippen LogP contribution in [-0.2, 0) is 4.79 Å². The third-order valence-corrected chi connectivity index (χ3v) is 7.73. The summed E-state index contributed by atoms with van der Waals surface area (Å²) in [7, 11) is 0. The molecule has 1 aliphatic carbocycles. The third kappa shape index (κ3) is 6.16. The number of amides is 3. The van der Waals surface area contributed by atoms with Crippen LogP contribution in [0.2, 0.25) is 10.0 Å². The van der Waals surface area contributed by atoms with Crippen molar-refractivity contribution in [1.29, 1.82) is 0 Å². The molecule has 4 N–H and O–H groups in total. The zero-order chi connectivity index (χ0) is 27.1. The van der Waals surface area contributed by atoms with E-state index >= 15 is 0 Å². The zero-order valence-electron chi connectivity index (χ0n) is 18.9. The van der Waals surface area contributed by atoms with E-state index < -0.39 is 34.1 Å². The number of anilines is 3. The summed E-state index contributed by atoms with van der Waals surface area (Å²) in [6.07, 6.45) is -1.19. The smallest absolute Gasteiger partial charge is 0.409 e. The van der Waals surface area contributed by atoms with Crippen molar-refractivity contribution >= 4 is 97.3 Å². The minimum Gasteiger partial charge on any atom is -0.465 e. The molecule has 1 fully saturated rings. The van der Waals surface area contributed by atoms with E-state index in [2.05, 4.69) is 31.9 Å². The van der Waals surface area contributed by atoms with E-state index in [1.165, 1.54) is 18.2 Å². The van der Waals surface area contributed by atoms with Gasteiger partial charge in [0.25, 0.3) is 5.91 Å². The summed E-state index contributed by atoms with van der Waals surface area (Å²) >= 11 is 28.7. The maximum absolute atomic E-state index is 13.0. The van der Waals surface area contributed by atoms with Crippen LogP contribution >= 0.6 is 62.3 Å². The molecule has 0 saturated heterocycles. The number of carbonyl (C=O) groups is 3. The number of hydrogen-bond acceptors (Lipinski definition) is 3. The summed E-state index contributed by atoms with van der Waals surface area (Å²) in [6.45, 7) is 1.72. The lowest BCUT2D eigenvalue weighted by molar-refractivity contribution is -0.117. The van der Waals surface area contributed by atoms with Crippen LogP contribution in [0.3, 0.4) is 0 Å². The Bertz CT molecular complexity index is 1410. The average Bonchev–Trinajstić information content (AvgIpc) is 3.38. The van der Waals surface area contributed by atoms with Gasteiger partial charge in [-0.1, -0.05) is 39.1 Å². The molecule has 0 aliphatic heterocycles. The van der Waals surface area contributed by atoms with Gasteiger partial charge in [-0.05, 0) is 72.6 Å². The van der Waals surface area contributed by atoms with Crippen LogP contribution in [0, 0.1) is 12.8 Å². The van der Waals surface area contributed by atoms with Crippen LogP contribution < -0.4 is 16.0 Å². The fourth-order valence-electron chi connectivity index (χ4n) is 4.01. The maximum Gasteiger partial charge on any atom is 0.409 e. The summed E-state index contributed by atoms with van der Waals surface area (Å²) < 4.78 is -0.582. The predicted molar refractivity (Wildman–Crippen MR) is 151 cm³/mol. The van der Waals surface area contributed by atoms with E-state index in [4.69, 9.17) is 51.5 Å². The molecule has 3 amide bonds. The summed E-state index contributed by atoms with van der Waals surface area (Å²) in [6, 6.07) is 14.4. The van der Waals surface area contributed by atoms with Crippen molar-refractivity contribution in [3.8, 4) is 0 Å². The SMILES string of the molecule is Cc1cc(NC(=O)O)ccc1NC(=O)c1cc(NC(=O)[C@@H]2[C@@H](c3cc(Cl)cc(Br)c3)C2(Cl)Cl)ccc1Cl. The second kappa shape index (κ2) is 10.7. The van der Waals surface area contributed by atoms with Gasteiger partial charge in [0.2, 0.25) is 5.91 Å². The Morgan fingerprint density at radius 1 is 0.919 bits per heavy atom. The first-order valence-electron chi connectivity index (χ1n) is 10.7. The molecule has 0 bridgehead atoms. The summed E-state index contributed by atoms with van der Waals surface area (Å²) in [5, 5.41) is 17.3. The number of carbonyl (C=O) groups excluding carboxylic acids is 2. The molecule has 2 atom stereocenters. The van der Waals surface area contributed by atoms with Gasteiger partial charge in [-0.3, -0.25) is 14.9 Å². The van der Waals surface area contributed by atoms with Crippen molar-refractivity contribution in [3.63, 3.8) is 0 Å². The molecule has 3 aromatic carbocycles. The van der Waals surface area contributed by atoms with Crippen molar-refractivity contribution in [2.75, 3.05) is 16.0 Å². The quantitative estimate of drug-likeness (QED) is 0.204. The van der Waals surface area contributed by atoms with Crippen molar-refractivity contribution in [1.82, 2.24) is 0 Å². The molecule has 1 aliphatic rings. The maximum atomic E-state index is 13.0. The minimum absolute atomic E-state index is 0.126. The van der Waals surface area contributed by atoms with Crippen LogP contribution in [0.5, 0.6) is 0 Å². The molecular formula is C25H18BrCl4N3O4. The van der Waals surface area contributed by atoms with Gasteiger partial charge >= 0.3 is 6.09 Å². The van der Waals surface area contributed by atoms with Crippen LogP contribution in [0.25, 0.3) is 0 Å². The second-order valence-corrected chi connectivity index (χ2v) is 11.6. The summed E-state index contributed by atoms with van der Waals surface area (Å²) in [5.41, 5.74) is 2.65. The molecular weight excluding hydrogens is 628 g/mol. The monoisotopic (exact) mass is 643 g/mol. The third-order valence-electron chi connectivity index (χ3n) is 5.78. The topological polar surface area (TPSA) is 108 Å². The molecule has 192 valence electrons. The Hall–Kier alpha value is -2.49. The van der Waals surface area contributed by atoms with E-state index in [9.17, 15) is 14.4 Å². The fourth-order valence-corrected chi connectivity index (χ4v) is 5.93. The lowest BCUT2D eigenvalue weighted by Gasteiger charge is -2.12. The Labute approximate surface area is 240 Å². The highest BCUT2D eigenvalue weighted by Crippen LogP contribution is 2.65. The molecule has 0 unspecified atom stereocenters. The largest absolute Gasteiger partial charge is 0.465 e. The molecule has 0 radical (unpaired) electrons. The molecule has 0 heterocycles. The van der Waals surface area contributed by atoms with Gasteiger partial charge in [0.1, 0.15) is 4.33 Å². The molecule has 12 heteroatoms. The van der Waals surface area contributed by atoms with Gasteiger partial charge in [0.05, 0.1) is 16.5 Å². The van der Waals surface area contributed by atoms with Crippen LogP contribution in [-0.4, -0.2) is 27.3 Å². The van der Waals surface area contributed by atoms with E-state index in [-0.39, 0.29) is 10.6 Å². The number of benzene rings is 3. The van der Waals surface area contributed by atoms with Gasteiger partial charge in [-0.25, -0.2) is 4.79 Å². The van der Waals surface area contributed by atoms with Crippen LogP contribution in [0.1, 0.15) is 27.4 Å². The van der Waals surface area contributed by atoms with Crippen LogP contribution in [0.4, 0.5) is 21.9 Å². The summed E-state index contributed by atoms with van der Waals surface area (Å²) in [4.78, 5) is 36.8.